The van der Waals surface area contributed by atoms with E-state index in [9.17, 15) is 18.0 Å². The number of aliphatic carboxylic acids is 1. The van der Waals surface area contributed by atoms with Gasteiger partial charge in [-0.2, -0.15) is 0 Å². The van der Waals surface area contributed by atoms with Gasteiger partial charge >= 0.3 is 5.97 Å². The second-order valence-electron chi connectivity index (χ2n) is 10.1. The Balaban J connectivity index is 1.24. The Labute approximate surface area is 275 Å². The summed E-state index contributed by atoms with van der Waals surface area (Å²) in [4.78, 5) is 30.1. The van der Waals surface area contributed by atoms with Crippen LogP contribution in [0.4, 0.5) is 5.69 Å². The van der Waals surface area contributed by atoms with Crippen LogP contribution in [0, 0.1) is 0 Å². The van der Waals surface area contributed by atoms with E-state index in [1.807, 2.05) is 30.3 Å². The molecule has 1 amide bonds. The summed E-state index contributed by atoms with van der Waals surface area (Å²) in [5.74, 6) is -1.08. The summed E-state index contributed by atoms with van der Waals surface area (Å²) >= 11 is 7.40. The molecular formula is C34H29ClN2O7S2. The predicted molar refractivity (Wildman–Crippen MR) is 178 cm³/mol. The number of ether oxygens (including phenoxy) is 2. The molecule has 0 spiro atoms. The van der Waals surface area contributed by atoms with Crippen molar-refractivity contribution in [3.63, 3.8) is 0 Å². The van der Waals surface area contributed by atoms with Crippen LogP contribution in [0.15, 0.2) is 108 Å². The molecule has 4 aromatic carbocycles. The molecule has 0 aliphatic rings. The number of hydrogen-bond acceptors (Lipinski definition) is 8. The van der Waals surface area contributed by atoms with Gasteiger partial charge in [0.05, 0.1) is 21.2 Å². The van der Waals surface area contributed by atoms with Gasteiger partial charge in [0.25, 0.3) is 5.91 Å². The number of carboxylic acids is 1. The number of aryl methyl sites for hydroxylation is 1. The van der Waals surface area contributed by atoms with Gasteiger partial charge in [0, 0.05) is 16.8 Å². The zero-order valence-electron chi connectivity index (χ0n) is 24.4. The predicted octanol–water partition coefficient (Wildman–Crippen LogP) is 7.16. The topological polar surface area (TPSA) is 132 Å². The molecule has 2 N–H and O–H groups in total. The smallest absolute Gasteiger partial charge is 0.341 e. The van der Waals surface area contributed by atoms with Crippen LogP contribution in [-0.4, -0.2) is 42.7 Å². The summed E-state index contributed by atoms with van der Waals surface area (Å²) in [5, 5.41) is 13.1. The van der Waals surface area contributed by atoms with Crippen LogP contribution in [0.1, 0.15) is 27.3 Å². The first kappa shape index (κ1) is 32.7. The molecule has 46 heavy (non-hydrogen) atoms. The van der Waals surface area contributed by atoms with Crippen LogP contribution in [0.2, 0.25) is 5.02 Å². The van der Waals surface area contributed by atoms with E-state index in [1.165, 1.54) is 35.6 Å². The van der Waals surface area contributed by atoms with E-state index in [1.54, 1.807) is 48.7 Å². The van der Waals surface area contributed by atoms with E-state index in [-0.39, 0.29) is 28.7 Å². The minimum Gasteiger partial charge on any atom is -0.486 e. The number of carboxylic acid groups (broad SMARTS) is 1. The number of thiazole rings is 1. The van der Waals surface area contributed by atoms with E-state index < -0.39 is 28.3 Å². The number of sulfone groups is 1. The summed E-state index contributed by atoms with van der Waals surface area (Å²) in [6.07, 6.45) is 2.51. The largest absolute Gasteiger partial charge is 0.486 e. The number of carbonyl (C=O) groups excluding carboxylic acids is 1. The third-order valence-electron chi connectivity index (χ3n) is 6.77. The molecule has 12 heteroatoms. The highest BCUT2D eigenvalue weighted by Gasteiger charge is 2.16. The Morgan fingerprint density at radius 2 is 1.70 bits per heavy atom. The number of hydrogen-bond donors (Lipinski definition) is 2. The first-order chi connectivity index (χ1) is 22.2. The maximum Gasteiger partial charge on any atom is 0.341 e. The fraction of sp³-hybridized carbons (Fsp3) is 0.147. The van der Waals surface area contributed by atoms with E-state index >= 15 is 0 Å². The Morgan fingerprint density at radius 1 is 0.913 bits per heavy atom. The molecule has 0 atom stereocenters. The SMILES string of the molecule is O=C(O)COc1ccc(CCCS(=O)(=O)c2ccc(Cl)cc2)cc1NC(=O)c1cccc(OCc2ncc(-c3ccccc3)s2)c1. The Hall–Kier alpha value is -4.71. The number of nitrogens with one attached hydrogen (secondary N) is 1. The average Bonchev–Trinajstić information content (AvgIpc) is 3.53. The van der Waals surface area contributed by atoms with Gasteiger partial charge in [0.2, 0.25) is 0 Å². The molecule has 0 unspecified atom stereocenters. The molecule has 5 aromatic rings. The van der Waals surface area contributed by atoms with Crippen molar-refractivity contribution >= 4 is 50.3 Å². The Bertz CT molecular complexity index is 1930. The van der Waals surface area contributed by atoms with Crippen molar-refractivity contribution in [3.05, 3.63) is 124 Å². The quantitative estimate of drug-likeness (QED) is 0.127. The molecule has 0 radical (unpaired) electrons. The fourth-order valence-electron chi connectivity index (χ4n) is 4.50. The highest BCUT2D eigenvalue weighted by atomic mass is 35.5. The summed E-state index contributed by atoms with van der Waals surface area (Å²) in [6, 6.07) is 27.5. The van der Waals surface area contributed by atoms with Crippen LogP contribution < -0.4 is 14.8 Å². The van der Waals surface area contributed by atoms with Crippen molar-refractivity contribution < 1.29 is 32.6 Å². The number of benzene rings is 4. The summed E-state index contributed by atoms with van der Waals surface area (Å²) in [5.41, 5.74) is 2.38. The van der Waals surface area contributed by atoms with Crippen LogP contribution in [0.25, 0.3) is 10.4 Å². The van der Waals surface area contributed by atoms with Gasteiger partial charge < -0.3 is 19.9 Å². The molecule has 9 nitrogen and oxygen atoms in total. The van der Waals surface area contributed by atoms with Crippen molar-refractivity contribution in [2.45, 2.75) is 24.3 Å². The first-order valence-electron chi connectivity index (χ1n) is 14.2. The molecule has 0 bridgehead atoms. The van der Waals surface area contributed by atoms with Gasteiger partial charge in [-0.25, -0.2) is 18.2 Å². The zero-order valence-corrected chi connectivity index (χ0v) is 26.8. The number of anilines is 1. The molecule has 0 saturated carbocycles. The second kappa shape index (κ2) is 15.0. The molecule has 0 aliphatic carbocycles. The van der Waals surface area contributed by atoms with E-state index in [0.717, 1.165) is 21.0 Å². The van der Waals surface area contributed by atoms with Gasteiger partial charge in [-0.3, -0.25) is 4.79 Å². The standard InChI is InChI=1S/C34H29ClN2O7S2/c35-26-12-14-28(15-13-26)46(41,42)17-5-6-23-11-16-30(44-22-33(38)39)29(18-23)37-34(40)25-9-4-10-27(19-25)43-21-32-36-20-31(45-32)24-7-2-1-3-8-24/h1-4,7-16,18-20H,5-6,17,21-22H2,(H,37,40)(H,38,39). The van der Waals surface area contributed by atoms with Crippen molar-refractivity contribution in [1.82, 2.24) is 4.98 Å². The highest BCUT2D eigenvalue weighted by molar-refractivity contribution is 7.91. The Kier molecular flexibility index (Phi) is 10.7. The molecule has 0 fully saturated rings. The average molecular weight is 677 g/mol. The number of rotatable bonds is 14. The van der Waals surface area contributed by atoms with Crippen LogP contribution in [0.3, 0.4) is 0 Å². The number of amides is 1. The van der Waals surface area contributed by atoms with E-state index in [0.29, 0.717) is 29.2 Å². The van der Waals surface area contributed by atoms with Crippen molar-refractivity contribution in [2.24, 2.45) is 0 Å². The fourth-order valence-corrected chi connectivity index (χ4v) is 6.77. The Morgan fingerprint density at radius 3 is 2.46 bits per heavy atom. The molecule has 5 rings (SSSR count). The van der Waals surface area contributed by atoms with E-state index in [4.69, 9.17) is 26.2 Å². The monoisotopic (exact) mass is 676 g/mol. The molecule has 1 heterocycles. The normalized spacial score (nSPS) is 11.2. The van der Waals surface area contributed by atoms with Crippen LogP contribution in [0.5, 0.6) is 11.5 Å². The third kappa shape index (κ3) is 8.94. The van der Waals surface area contributed by atoms with Gasteiger partial charge in [0.1, 0.15) is 23.1 Å². The number of halogens is 1. The number of aromatic nitrogens is 1. The lowest BCUT2D eigenvalue weighted by atomic mass is 10.1. The first-order valence-corrected chi connectivity index (χ1v) is 17.0. The maximum absolute atomic E-state index is 13.3. The van der Waals surface area contributed by atoms with Crippen LogP contribution >= 0.6 is 22.9 Å². The van der Waals surface area contributed by atoms with Crippen molar-refractivity contribution in [3.8, 4) is 21.9 Å². The minimum absolute atomic E-state index is 0.0884. The number of nitrogens with zero attached hydrogens (tertiary/aromatic N) is 1. The van der Waals surface area contributed by atoms with Gasteiger partial charge in [-0.1, -0.05) is 54.1 Å². The lowest BCUT2D eigenvalue weighted by Crippen LogP contribution is -2.15. The molecule has 0 aliphatic heterocycles. The molecular weight excluding hydrogens is 648 g/mol. The molecule has 1 aromatic heterocycles. The second-order valence-corrected chi connectivity index (χ2v) is 13.8. The lowest BCUT2D eigenvalue weighted by Gasteiger charge is -2.14. The van der Waals surface area contributed by atoms with E-state index in [2.05, 4.69) is 10.3 Å². The van der Waals surface area contributed by atoms with Crippen molar-refractivity contribution in [1.29, 1.82) is 0 Å². The zero-order chi connectivity index (χ0) is 32.5. The lowest BCUT2D eigenvalue weighted by molar-refractivity contribution is -0.139. The highest BCUT2D eigenvalue weighted by Crippen LogP contribution is 2.29. The van der Waals surface area contributed by atoms with Crippen LogP contribution in [-0.2, 0) is 27.7 Å². The third-order valence-corrected chi connectivity index (χ3v) is 9.85. The van der Waals surface area contributed by atoms with Gasteiger partial charge in [-0.05, 0) is 78.6 Å². The minimum atomic E-state index is -3.51. The molecule has 0 saturated heterocycles. The summed E-state index contributed by atoms with van der Waals surface area (Å²) in [6.45, 7) is -0.376. The summed E-state index contributed by atoms with van der Waals surface area (Å²) < 4.78 is 36.8. The molecule has 236 valence electrons. The summed E-state index contributed by atoms with van der Waals surface area (Å²) in [7, 11) is -3.51. The van der Waals surface area contributed by atoms with Gasteiger partial charge in [-0.15, -0.1) is 11.3 Å². The maximum atomic E-state index is 13.3. The number of carbonyl (C=O) groups is 2. The van der Waals surface area contributed by atoms with Gasteiger partial charge in [0.15, 0.2) is 16.4 Å². The van der Waals surface area contributed by atoms with Crippen molar-refractivity contribution in [2.75, 3.05) is 17.7 Å².